The van der Waals surface area contributed by atoms with Gasteiger partial charge in [-0.3, -0.25) is 19.4 Å². The van der Waals surface area contributed by atoms with E-state index in [2.05, 4.69) is 34.2 Å². The Labute approximate surface area is 196 Å². The van der Waals surface area contributed by atoms with E-state index < -0.39 is 0 Å². The summed E-state index contributed by atoms with van der Waals surface area (Å²) in [4.78, 5) is 31.9. The van der Waals surface area contributed by atoms with Crippen molar-refractivity contribution >= 4 is 11.8 Å². The van der Waals surface area contributed by atoms with Gasteiger partial charge in [-0.05, 0) is 24.6 Å². The SMILES string of the molecule is C[C@H](NC(=O)CN1CCN(C(=O)c2ccccc2)CC1)[C@H](c1ccccc1)N1CCOCC1. The Morgan fingerprint density at radius 1 is 0.879 bits per heavy atom. The molecule has 0 aliphatic carbocycles. The smallest absolute Gasteiger partial charge is 0.253 e. The lowest BCUT2D eigenvalue weighted by molar-refractivity contribution is -0.123. The Kier molecular flexibility index (Phi) is 8.10. The number of amides is 2. The zero-order valence-electron chi connectivity index (χ0n) is 19.4. The Balaban J connectivity index is 1.30. The first-order chi connectivity index (χ1) is 16.1. The number of hydrogen-bond acceptors (Lipinski definition) is 5. The molecule has 2 amide bonds. The molecule has 2 aliphatic rings. The molecule has 33 heavy (non-hydrogen) atoms. The maximum absolute atomic E-state index is 12.9. The standard InChI is InChI=1S/C26H34N4O3/c1-21(25(22-8-4-2-5-9-22)29-16-18-33-19-17-29)27-24(31)20-28-12-14-30(15-13-28)26(32)23-10-6-3-7-11-23/h2-11,21,25H,12-20H2,1H3,(H,27,31)/t21-,25+/m0/s1. The third-order valence-corrected chi connectivity index (χ3v) is 6.49. The first-order valence-corrected chi connectivity index (χ1v) is 11.8. The summed E-state index contributed by atoms with van der Waals surface area (Å²) in [5.74, 6) is 0.0871. The van der Waals surface area contributed by atoms with Crippen molar-refractivity contribution in [2.75, 3.05) is 59.0 Å². The van der Waals surface area contributed by atoms with Crippen LogP contribution < -0.4 is 5.32 Å². The molecule has 176 valence electrons. The van der Waals surface area contributed by atoms with Crippen molar-refractivity contribution in [1.29, 1.82) is 0 Å². The van der Waals surface area contributed by atoms with E-state index in [0.717, 1.165) is 26.3 Å². The molecule has 0 unspecified atom stereocenters. The molecule has 4 rings (SSSR count). The maximum atomic E-state index is 12.9. The van der Waals surface area contributed by atoms with Gasteiger partial charge in [0, 0.05) is 50.9 Å². The highest BCUT2D eigenvalue weighted by Crippen LogP contribution is 2.25. The van der Waals surface area contributed by atoms with Crippen LogP contribution in [0.1, 0.15) is 28.9 Å². The largest absolute Gasteiger partial charge is 0.379 e. The molecule has 2 heterocycles. The normalized spacial score (nSPS) is 19.6. The van der Waals surface area contributed by atoms with E-state index in [1.807, 2.05) is 53.4 Å². The molecule has 0 bridgehead atoms. The van der Waals surface area contributed by atoms with Gasteiger partial charge in [0.25, 0.3) is 5.91 Å². The van der Waals surface area contributed by atoms with Crippen molar-refractivity contribution in [3.05, 3.63) is 71.8 Å². The zero-order valence-corrected chi connectivity index (χ0v) is 19.4. The Hall–Kier alpha value is -2.74. The number of nitrogens with zero attached hydrogens (tertiary/aromatic N) is 3. The number of rotatable bonds is 7. The Morgan fingerprint density at radius 3 is 2.12 bits per heavy atom. The second-order valence-corrected chi connectivity index (χ2v) is 8.79. The van der Waals surface area contributed by atoms with Gasteiger partial charge in [-0.1, -0.05) is 48.5 Å². The minimum absolute atomic E-state index is 0.0273. The van der Waals surface area contributed by atoms with Crippen LogP contribution in [-0.4, -0.2) is 91.6 Å². The van der Waals surface area contributed by atoms with Crippen molar-refractivity contribution in [1.82, 2.24) is 20.0 Å². The third kappa shape index (κ3) is 6.19. The third-order valence-electron chi connectivity index (χ3n) is 6.49. The molecule has 2 aliphatic heterocycles. The van der Waals surface area contributed by atoms with Crippen LogP contribution in [0, 0.1) is 0 Å². The van der Waals surface area contributed by atoms with Crippen molar-refractivity contribution in [2.45, 2.75) is 19.0 Å². The predicted octanol–water partition coefficient (Wildman–Crippen LogP) is 2.02. The number of hydrogen-bond donors (Lipinski definition) is 1. The first kappa shape index (κ1) is 23.4. The van der Waals surface area contributed by atoms with Gasteiger partial charge in [0.05, 0.1) is 25.8 Å². The number of carbonyl (C=O) groups is 2. The van der Waals surface area contributed by atoms with E-state index >= 15 is 0 Å². The van der Waals surface area contributed by atoms with Gasteiger partial charge in [0.1, 0.15) is 0 Å². The van der Waals surface area contributed by atoms with Gasteiger partial charge < -0.3 is 15.0 Å². The van der Waals surface area contributed by atoms with Gasteiger partial charge in [0.2, 0.25) is 5.91 Å². The van der Waals surface area contributed by atoms with Crippen LogP contribution in [-0.2, 0) is 9.53 Å². The monoisotopic (exact) mass is 450 g/mol. The van der Waals surface area contributed by atoms with Gasteiger partial charge in [0.15, 0.2) is 0 Å². The second kappa shape index (κ2) is 11.4. The van der Waals surface area contributed by atoms with Crippen LogP contribution >= 0.6 is 0 Å². The van der Waals surface area contributed by atoms with Gasteiger partial charge in [-0.15, -0.1) is 0 Å². The summed E-state index contributed by atoms with van der Waals surface area (Å²) in [6, 6.07) is 19.8. The molecule has 1 N–H and O–H groups in total. The molecule has 2 saturated heterocycles. The lowest BCUT2D eigenvalue weighted by atomic mass is 9.98. The molecular formula is C26H34N4O3. The molecule has 2 aromatic carbocycles. The minimum atomic E-state index is -0.0288. The Bertz CT molecular complexity index is 894. The van der Waals surface area contributed by atoms with Gasteiger partial charge >= 0.3 is 0 Å². The number of carbonyl (C=O) groups excluding carboxylic acids is 2. The maximum Gasteiger partial charge on any atom is 0.253 e. The quantitative estimate of drug-likeness (QED) is 0.699. The number of piperazine rings is 1. The van der Waals surface area contributed by atoms with Crippen LogP contribution in [0.15, 0.2) is 60.7 Å². The van der Waals surface area contributed by atoms with Gasteiger partial charge in [-0.2, -0.15) is 0 Å². The molecule has 7 heteroatoms. The summed E-state index contributed by atoms with van der Waals surface area (Å²) in [5.41, 5.74) is 1.92. The molecule has 0 radical (unpaired) electrons. The van der Waals surface area contributed by atoms with Crippen molar-refractivity contribution in [3.63, 3.8) is 0 Å². The van der Waals surface area contributed by atoms with Crippen molar-refractivity contribution in [2.24, 2.45) is 0 Å². The van der Waals surface area contributed by atoms with Gasteiger partial charge in [-0.25, -0.2) is 0 Å². The zero-order chi connectivity index (χ0) is 23.0. The predicted molar refractivity (Wildman–Crippen MR) is 128 cm³/mol. The van der Waals surface area contributed by atoms with Crippen LogP contribution in [0.3, 0.4) is 0 Å². The van der Waals surface area contributed by atoms with Crippen LogP contribution in [0.4, 0.5) is 0 Å². The van der Waals surface area contributed by atoms with E-state index in [1.165, 1.54) is 5.56 Å². The van der Waals surface area contributed by atoms with Crippen molar-refractivity contribution < 1.29 is 14.3 Å². The number of nitrogens with one attached hydrogen (secondary N) is 1. The lowest BCUT2D eigenvalue weighted by Crippen LogP contribution is -2.53. The van der Waals surface area contributed by atoms with Crippen LogP contribution in [0.5, 0.6) is 0 Å². The second-order valence-electron chi connectivity index (χ2n) is 8.79. The van der Waals surface area contributed by atoms with Crippen molar-refractivity contribution in [3.8, 4) is 0 Å². The number of benzene rings is 2. The number of ether oxygens (including phenoxy) is 1. The molecule has 7 nitrogen and oxygen atoms in total. The van der Waals surface area contributed by atoms with Crippen LogP contribution in [0.25, 0.3) is 0 Å². The highest BCUT2D eigenvalue weighted by molar-refractivity contribution is 5.94. The highest BCUT2D eigenvalue weighted by atomic mass is 16.5. The summed E-state index contributed by atoms with van der Waals surface area (Å²) in [5, 5.41) is 3.24. The average molecular weight is 451 g/mol. The average Bonchev–Trinajstić information content (AvgIpc) is 2.86. The molecule has 0 aromatic heterocycles. The topological polar surface area (TPSA) is 65.1 Å². The lowest BCUT2D eigenvalue weighted by Gasteiger charge is -2.39. The summed E-state index contributed by atoms with van der Waals surface area (Å²) in [6.45, 7) is 8.26. The summed E-state index contributed by atoms with van der Waals surface area (Å²) < 4.78 is 5.54. The van der Waals surface area contributed by atoms with E-state index in [4.69, 9.17) is 4.74 Å². The molecule has 0 spiro atoms. The number of morpholine rings is 1. The summed E-state index contributed by atoms with van der Waals surface area (Å²) in [6.07, 6.45) is 0. The Morgan fingerprint density at radius 2 is 1.48 bits per heavy atom. The fraction of sp³-hybridized carbons (Fsp3) is 0.462. The van der Waals surface area contributed by atoms with E-state index in [9.17, 15) is 9.59 Å². The molecule has 0 saturated carbocycles. The fourth-order valence-corrected chi connectivity index (χ4v) is 4.78. The molecular weight excluding hydrogens is 416 g/mol. The van der Waals surface area contributed by atoms with E-state index in [-0.39, 0.29) is 23.9 Å². The fourth-order valence-electron chi connectivity index (χ4n) is 4.78. The summed E-state index contributed by atoms with van der Waals surface area (Å²) in [7, 11) is 0. The summed E-state index contributed by atoms with van der Waals surface area (Å²) >= 11 is 0. The minimum Gasteiger partial charge on any atom is -0.379 e. The van der Waals surface area contributed by atoms with Crippen LogP contribution in [0.2, 0.25) is 0 Å². The highest BCUT2D eigenvalue weighted by Gasteiger charge is 2.29. The molecule has 2 aromatic rings. The van der Waals surface area contributed by atoms with E-state index in [1.54, 1.807) is 0 Å². The molecule has 2 atom stereocenters. The molecule has 2 fully saturated rings. The van der Waals surface area contributed by atoms with E-state index in [0.29, 0.717) is 38.3 Å². The first-order valence-electron chi connectivity index (χ1n) is 11.8.